The summed E-state index contributed by atoms with van der Waals surface area (Å²) in [5, 5.41) is 21.7. The van der Waals surface area contributed by atoms with Crippen LogP contribution in [0.2, 0.25) is 0 Å². The van der Waals surface area contributed by atoms with Gasteiger partial charge < -0.3 is 21.3 Å². The molecule has 1 amide bonds. The van der Waals surface area contributed by atoms with Crippen LogP contribution in [0.4, 0.5) is 0 Å². The Kier molecular flexibility index (Phi) is 5.27. The smallest absolute Gasteiger partial charge is 0.248 e. The molecule has 0 radical (unpaired) electrons. The summed E-state index contributed by atoms with van der Waals surface area (Å²) in [7, 11) is 0. The number of benzene rings is 1. The predicted molar refractivity (Wildman–Crippen MR) is 69.0 cm³/mol. The topological polar surface area (TPSA) is 95.6 Å². The van der Waals surface area contributed by atoms with Gasteiger partial charge in [0.15, 0.2) is 0 Å². The van der Waals surface area contributed by atoms with Crippen molar-refractivity contribution in [3.05, 3.63) is 35.4 Å². The Labute approximate surface area is 107 Å². The average Bonchev–Trinajstić information content (AvgIpc) is 2.41. The van der Waals surface area contributed by atoms with E-state index in [0.29, 0.717) is 18.5 Å². The van der Waals surface area contributed by atoms with Gasteiger partial charge in [0.2, 0.25) is 5.91 Å². The normalized spacial score (nSPS) is 11.5. The molecule has 0 saturated carbocycles. The standard InChI is InChI=1S/C13H20N2O3/c1-2-13(8-16,9-17)15-7-10-3-5-11(6-4-10)12(14)18/h3-6,15-17H,2,7-9H2,1H3,(H2,14,18). The second kappa shape index (κ2) is 6.49. The third-order valence-electron chi connectivity index (χ3n) is 3.19. The summed E-state index contributed by atoms with van der Waals surface area (Å²) in [5.41, 5.74) is 5.91. The van der Waals surface area contributed by atoms with Gasteiger partial charge in [-0.1, -0.05) is 19.1 Å². The number of primary amides is 1. The molecule has 0 fully saturated rings. The molecule has 1 aromatic carbocycles. The molecule has 5 N–H and O–H groups in total. The van der Waals surface area contributed by atoms with E-state index in [0.717, 1.165) is 5.56 Å². The zero-order valence-electron chi connectivity index (χ0n) is 10.5. The van der Waals surface area contributed by atoms with E-state index in [1.165, 1.54) is 0 Å². The molecule has 0 aliphatic carbocycles. The van der Waals surface area contributed by atoms with Crippen molar-refractivity contribution >= 4 is 5.91 Å². The maximum Gasteiger partial charge on any atom is 0.248 e. The van der Waals surface area contributed by atoms with Crippen molar-refractivity contribution in [1.29, 1.82) is 0 Å². The summed E-state index contributed by atoms with van der Waals surface area (Å²) in [4.78, 5) is 10.9. The molecule has 0 aliphatic rings. The molecule has 18 heavy (non-hydrogen) atoms. The van der Waals surface area contributed by atoms with Crippen LogP contribution in [0.15, 0.2) is 24.3 Å². The fraction of sp³-hybridized carbons (Fsp3) is 0.462. The maximum atomic E-state index is 10.9. The maximum absolute atomic E-state index is 10.9. The minimum atomic E-state index is -0.664. The van der Waals surface area contributed by atoms with Crippen molar-refractivity contribution in [3.8, 4) is 0 Å². The monoisotopic (exact) mass is 252 g/mol. The van der Waals surface area contributed by atoms with E-state index in [4.69, 9.17) is 5.73 Å². The van der Waals surface area contributed by atoms with Crippen LogP contribution >= 0.6 is 0 Å². The lowest BCUT2D eigenvalue weighted by Crippen LogP contribution is -2.50. The number of aliphatic hydroxyl groups is 2. The van der Waals surface area contributed by atoms with Gasteiger partial charge in [-0.25, -0.2) is 0 Å². The van der Waals surface area contributed by atoms with Gasteiger partial charge in [0.1, 0.15) is 0 Å². The van der Waals surface area contributed by atoms with Crippen LogP contribution in [-0.2, 0) is 6.54 Å². The number of aliphatic hydroxyl groups excluding tert-OH is 2. The highest BCUT2D eigenvalue weighted by atomic mass is 16.3. The molecular weight excluding hydrogens is 232 g/mol. The lowest BCUT2D eigenvalue weighted by Gasteiger charge is -2.29. The van der Waals surface area contributed by atoms with Crippen molar-refractivity contribution in [1.82, 2.24) is 5.32 Å². The van der Waals surface area contributed by atoms with Crippen LogP contribution in [0, 0.1) is 0 Å². The Bertz CT molecular complexity index is 377. The fourth-order valence-electron chi connectivity index (χ4n) is 1.59. The fourth-order valence-corrected chi connectivity index (χ4v) is 1.59. The summed E-state index contributed by atoms with van der Waals surface area (Å²) >= 11 is 0. The molecule has 0 heterocycles. The van der Waals surface area contributed by atoms with Crippen molar-refractivity contribution < 1.29 is 15.0 Å². The summed E-state index contributed by atoms with van der Waals surface area (Å²) in [5.74, 6) is -0.455. The first-order valence-corrected chi connectivity index (χ1v) is 5.92. The number of carbonyl (C=O) groups is 1. The highest BCUT2D eigenvalue weighted by Gasteiger charge is 2.25. The Balaban J connectivity index is 2.65. The van der Waals surface area contributed by atoms with Crippen LogP contribution in [0.3, 0.4) is 0 Å². The average molecular weight is 252 g/mol. The molecule has 5 nitrogen and oxygen atoms in total. The quantitative estimate of drug-likeness (QED) is 0.549. The highest BCUT2D eigenvalue weighted by Crippen LogP contribution is 2.11. The molecule has 0 saturated heterocycles. The largest absolute Gasteiger partial charge is 0.394 e. The minimum Gasteiger partial charge on any atom is -0.394 e. The molecule has 0 aliphatic heterocycles. The van der Waals surface area contributed by atoms with Gasteiger partial charge >= 0.3 is 0 Å². The number of amides is 1. The minimum absolute atomic E-state index is 0.126. The molecule has 1 rings (SSSR count). The Morgan fingerprint density at radius 3 is 2.22 bits per heavy atom. The van der Waals surface area contributed by atoms with Crippen LogP contribution in [0.5, 0.6) is 0 Å². The summed E-state index contributed by atoms with van der Waals surface area (Å²) < 4.78 is 0. The molecule has 0 aromatic heterocycles. The lowest BCUT2D eigenvalue weighted by atomic mass is 9.98. The second-order valence-corrected chi connectivity index (χ2v) is 4.36. The number of nitrogens with two attached hydrogens (primary N) is 1. The van der Waals surface area contributed by atoms with Crippen LogP contribution in [0.25, 0.3) is 0 Å². The number of carbonyl (C=O) groups excluding carboxylic acids is 1. The molecule has 5 heteroatoms. The predicted octanol–water partition coefficient (Wildman–Crippen LogP) is 0.00850. The first-order valence-electron chi connectivity index (χ1n) is 5.92. The molecule has 0 atom stereocenters. The van der Waals surface area contributed by atoms with Gasteiger partial charge in [0, 0.05) is 12.1 Å². The highest BCUT2D eigenvalue weighted by molar-refractivity contribution is 5.92. The van der Waals surface area contributed by atoms with Crippen molar-refractivity contribution in [2.45, 2.75) is 25.4 Å². The van der Waals surface area contributed by atoms with Gasteiger partial charge in [0.25, 0.3) is 0 Å². The van der Waals surface area contributed by atoms with Crippen molar-refractivity contribution in [3.63, 3.8) is 0 Å². The zero-order valence-corrected chi connectivity index (χ0v) is 10.5. The first-order chi connectivity index (χ1) is 8.56. The van der Waals surface area contributed by atoms with E-state index in [1.807, 2.05) is 6.92 Å². The molecule has 0 unspecified atom stereocenters. The summed E-state index contributed by atoms with van der Waals surface area (Å²) in [6.07, 6.45) is 0.624. The third kappa shape index (κ3) is 3.53. The van der Waals surface area contributed by atoms with Gasteiger partial charge in [-0.15, -0.1) is 0 Å². The Hall–Kier alpha value is -1.43. The Morgan fingerprint density at radius 1 is 1.28 bits per heavy atom. The van der Waals surface area contributed by atoms with Gasteiger partial charge in [-0.3, -0.25) is 4.79 Å². The van der Waals surface area contributed by atoms with Crippen LogP contribution in [0.1, 0.15) is 29.3 Å². The van der Waals surface area contributed by atoms with Crippen molar-refractivity contribution in [2.75, 3.05) is 13.2 Å². The lowest BCUT2D eigenvalue weighted by molar-refractivity contribution is 0.0864. The third-order valence-corrected chi connectivity index (χ3v) is 3.19. The van der Waals surface area contributed by atoms with E-state index in [-0.39, 0.29) is 13.2 Å². The SMILES string of the molecule is CCC(CO)(CO)NCc1ccc(C(N)=O)cc1. The number of hydrogen-bond donors (Lipinski definition) is 4. The molecule has 1 aromatic rings. The van der Waals surface area contributed by atoms with Crippen LogP contribution < -0.4 is 11.1 Å². The number of rotatable bonds is 7. The zero-order chi connectivity index (χ0) is 13.6. The second-order valence-electron chi connectivity index (χ2n) is 4.36. The molecule has 0 spiro atoms. The number of nitrogens with one attached hydrogen (secondary N) is 1. The number of hydrogen-bond acceptors (Lipinski definition) is 4. The van der Waals surface area contributed by atoms with Gasteiger partial charge in [0.05, 0.1) is 18.8 Å². The van der Waals surface area contributed by atoms with Crippen molar-refractivity contribution in [2.24, 2.45) is 5.73 Å². The van der Waals surface area contributed by atoms with E-state index >= 15 is 0 Å². The molecular formula is C13H20N2O3. The van der Waals surface area contributed by atoms with E-state index in [9.17, 15) is 15.0 Å². The van der Waals surface area contributed by atoms with Gasteiger partial charge in [-0.2, -0.15) is 0 Å². The molecule has 100 valence electrons. The summed E-state index contributed by atoms with van der Waals surface area (Å²) in [6, 6.07) is 6.90. The van der Waals surface area contributed by atoms with Crippen LogP contribution in [-0.4, -0.2) is 34.9 Å². The summed E-state index contributed by atoms with van der Waals surface area (Å²) in [6.45, 7) is 2.16. The van der Waals surface area contributed by atoms with Gasteiger partial charge in [-0.05, 0) is 24.1 Å². The van der Waals surface area contributed by atoms with E-state index in [1.54, 1.807) is 24.3 Å². The Morgan fingerprint density at radius 2 is 1.83 bits per heavy atom. The first kappa shape index (κ1) is 14.6. The molecule has 0 bridgehead atoms. The van der Waals surface area contributed by atoms with E-state index in [2.05, 4.69) is 5.32 Å². The van der Waals surface area contributed by atoms with E-state index < -0.39 is 11.4 Å².